The van der Waals surface area contributed by atoms with E-state index in [1.165, 1.54) is 0 Å². The molecule has 94 valence electrons. The Hall–Kier alpha value is -1.88. The second-order valence-corrected chi connectivity index (χ2v) is 4.56. The van der Waals surface area contributed by atoms with Crippen LogP contribution in [-0.2, 0) is 4.74 Å². The maximum atomic E-state index is 9.23. The van der Waals surface area contributed by atoms with Gasteiger partial charge in [0, 0.05) is 12.2 Å². The lowest BCUT2D eigenvalue weighted by Gasteiger charge is -2.07. The van der Waals surface area contributed by atoms with Crippen LogP contribution in [0.1, 0.15) is 25.3 Å². The number of hydrogen-bond acceptors (Lipinski definition) is 5. The summed E-state index contributed by atoms with van der Waals surface area (Å²) >= 11 is 0. The molecular weight excluding hydrogens is 232 g/mol. The van der Waals surface area contributed by atoms with Gasteiger partial charge in [-0.1, -0.05) is 12.1 Å². The van der Waals surface area contributed by atoms with E-state index in [1.54, 1.807) is 24.3 Å². The first kappa shape index (κ1) is 11.2. The van der Waals surface area contributed by atoms with Gasteiger partial charge >= 0.3 is 0 Å². The third-order valence-electron chi connectivity index (χ3n) is 3.20. The summed E-state index contributed by atoms with van der Waals surface area (Å²) in [7, 11) is 0. The molecular formula is C13H14N2O3. The van der Waals surface area contributed by atoms with E-state index in [0.717, 1.165) is 18.6 Å². The lowest BCUT2D eigenvalue weighted by molar-refractivity contribution is 0.0661. The summed E-state index contributed by atoms with van der Waals surface area (Å²) in [6.07, 6.45) is 0.921. The van der Waals surface area contributed by atoms with Crippen LogP contribution in [0.25, 0.3) is 11.4 Å². The molecule has 1 aliphatic heterocycles. The molecule has 1 aromatic carbocycles. The highest BCUT2D eigenvalue weighted by atomic mass is 16.5. The monoisotopic (exact) mass is 246 g/mol. The summed E-state index contributed by atoms with van der Waals surface area (Å²) in [5, 5.41) is 13.2. The molecule has 2 aromatic rings. The average molecular weight is 246 g/mol. The molecule has 1 aromatic heterocycles. The van der Waals surface area contributed by atoms with Gasteiger partial charge < -0.3 is 14.4 Å². The molecule has 0 saturated carbocycles. The molecule has 18 heavy (non-hydrogen) atoms. The molecule has 0 spiro atoms. The Morgan fingerprint density at radius 2 is 2.06 bits per heavy atom. The van der Waals surface area contributed by atoms with Gasteiger partial charge in [0.25, 0.3) is 5.89 Å². The molecule has 0 aliphatic carbocycles. The van der Waals surface area contributed by atoms with Gasteiger partial charge in [-0.25, -0.2) is 0 Å². The van der Waals surface area contributed by atoms with Crippen LogP contribution >= 0.6 is 0 Å². The van der Waals surface area contributed by atoms with Gasteiger partial charge in [0.2, 0.25) is 5.82 Å². The lowest BCUT2D eigenvalue weighted by Crippen LogP contribution is -2.03. The van der Waals surface area contributed by atoms with Crippen molar-refractivity contribution in [1.29, 1.82) is 0 Å². The van der Waals surface area contributed by atoms with Gasteiger partial charge in [-0.2, -0.15) is 4.98 Å². The zero-order valence-electron chi connectivity index (χ0n) is 10.0. The quantitative estimate of drug-likeness (QED) is 0.881. The molecule has 5 heteroatoms. The van der Waals surface area contributed by atoms with E-state index in [2.05, 4.69) is 17.1 Å². The summed E-state index contributed by atoms with van der Waals surface area (Å²) in [4.78, 5) is 4.36. The molecule has 1 aliphatic rings. The zero-order chi connectivity index (χ0) is 12.5. The Balaban J connectivity index is 1.87. The van der Waals surface area contributed by atoms with Crippen molar-refractivity contribution in [3.05, 3.63) is 30.2 Å². The first-order valence-corrected chi connectivity index (χ1v) is 5.98. The van der Waals surface area contributed by atoms with Crippen molar-refractivity contribution in [2.45, 2.75) is 19.4 Å². The van der Waals surface area contributed by atoms with E-state index in [1.807, 2.05) is 0 Å². The fraction of sp³-hybridized carbons (Fsp3) is 0.385. The standard InChI is InChI=1S/C13H14N2O3/c1-8-6-7-17-11(8)13-14-12(15-18-13)9-2-4-10(16)5-3-9/h2-5,8,11,16H,6-7H2,1H3. The van der Waals surface area contributed by atoms with Gasteiger partial charge in [0.15, 0.2) is 0 Å². The highest BCUT2D eigenvalue weighted by Crippen LogP contribution is 2.33. The van der Waals surface area contributed by atoms with Crippen LogP contribution in [-0.4, -0.2) is 21.9 Å². The number of phenols is 1. The molecule has 2 heterocycles. The van der Waals surface area contributed by atoms with Crippen LogP contribution < -0.4 is 0 Å². The molecule has 1 N–H and O–H groups in total. The minimum absolute atomic E-state index is 0.0941. The molecule has 1 saturated heterocycles. The van der Waals surface area contributed by atoms with Crippen molar-refractivity contribution in [3.8, 4) is 17.1 Å². The predicted molar refractivity (Wildman–Crippen MR) is 63.9 cm³/mol. The van der Waals surface area contributed by atoms with Gasteiger partial charge in [0.05, 0.1) is 0 Å². The highest BCUT2D eigenvalue weighted by molar-refractivity contribution is 5.55. The van der Waals surface area contributed by atoms with Crippen LogP contribution in [0, 0.1) is 5.92 Å². The number of rotatable bonds is 2. The third-order valence-corrected chi connectivity index (χ3v) is 3.20. The number of ether oxygens (including phenoxy) is 1. The first-order valence-electron chi connectivity index (χ1n) is 5.98. The topological polar surface area (TPSA) is 68.4 Å². The van der Waals surface area contributed by atoms with E-state index in [0.29, 0.717) is 17.6 Å². The van der Waals surface area contributed by atoms with Crippen molar-refractivity contribution in [2.24, 2.45) is 5.92 Å². The second kappa shape index (κ2) is 4.42. The lowest BCUT2D eigenvalue weighted by atomic mass is 10.0. The maximum absolute atomic E-state index is 9.23. The number of phenolic OH excluding ortho intramolecular Hbond substituents is 1. The molecule has 0 bridgehead atoms. The van der Waals surface area contributed by atoms with Crippen molar-refractivity contribution < 1.29 is 14.4 Å². The van der Waals surface area contributed by atoms with Crippen LogP contribution in [0.5, 0.6) is 5.75 Å². The van der Waals surface area contributed by atoms with Gasteiger partial charge in [-0.05, 0) is 36.6 Å². The van der Waals surface area contributed by atoms with Crippen LogP contribution in [0.4, 0.5) is 0 Å². The first-order chi connectivity index (χ1) is 8.74. The summed E-state index contributed by atoms with van der Waals surface area (Å²) < 4.78 is 10.8. The van der Waals surface area contributed by atoms with Crippen molar-refractivity contribution in [3.63, 3.8) is 0 Å². The SMILES string of the molecule is CC1CCOC1c1nc(-c2ccc(O)cc2)no1. The number of nitrogens with zero attached hydrogens (tertiary/aromatic N) is 2. The highest BCUT2D eigenvalue weighted by Gasteiger charge is 2.30. The van der Waals surface area contributed by atoms with Gasteiger partial charge in [-0.3, -0.25) is 0 Å². The van der Waals surface area contributed by atoms with Crippen molar-refractivity contribution in [2.75, 3.05) is 6.61 Å². The van der Waals surface area contributed by atoms with Crippen molar-refractivity contribution >= 4 is 0 Å². The molecule has 0 radical (unpaired) electrons. The largest absolute Gasteiger partial charge is 0.508 e. The second-order valence-electron chi connectivity index (χ2n) is 4.56. The molecule has 3 rings (SSSR count). The van der Waals surface area contributed by atoms with E-state index >= 15 is 0 Å². The Bertz CT molecular complexity index is 535. The van der Waals surface area contributed by atoms with E-state index in [9.17, 15) is 5.11 Å². The molecule has 2 atom stereocenters. The van der Waals surface area contributed by atoms with Crippen LogP contribution in [0.3, 0.4) is 0 Å². The molecule has 0 amide bonds. The predicted octanol–water partition coefficient (Wildman–Crippen LogP) is 2.54. The van der Waals surface area contributed by atoms with Crippen LogP contribution in [0.2, 0.25) is 0 Å². The van der Waals surface area contributed by atoms with Gasteiger partial charge in [0.1, 0.15) is 11.9 Å². The third kappa shape index (κ3) is 1.97. The fourth-order valence-electron chi connectivity index (χ4n) is 2.09. The van der Waals surface area contributed by atoms with Crippen LogP contribution in [0.15, 0.2) is 28.8 Å². The smallest absolute Gasteiger partial charge is 0.256 e. The minimum Gasteiger partial charge on any atom is -0.508 e. The number of aromatic nitrogens is 2. The van der Waals surface area contributed by atoms with Gasteiger partial charge in [-0.15, -0.1) is 0 Å². The normalized spacial score (nSPS) is 23.4. The number of benzene rings is 1. The Morgan fingerprint density at radius 3 is 2.72 bits per heavy atom. The maximum Gasteiger partial charge on any atom is 0.256 e. The number of hydrogen-bond donors (Lipinski definition) is 1. The summed E-state index contributed by atoms with van der Waals surface area (Å²) in [5.41, 5.74) is 0.813. The fourth-order valence-corrected chi connectivity index (χ4v) is 2.09. The summed E-state index contributed by atoms with van der Waals surface area (Å²) in [6, 6.07) is 6.70. The summed E-state index contributed by atoms with van der Waals surface area (Å²) in [5.74, 6) is 1.67. The average Bonchev–Trinajstić information content (AvgIpc) is 2.98. The minimum atomic E-state index is -0.0941. The van der Waals surface area contributed by atoms with E-state index < -0.39 is 0 Å². The van der Waals surface area contributed by atoms with E-state index in [4.69, 9.17) is 9.26 Å². The zero-order valence-corrected chi connectivity index (χ0v) is 10.0. The van der Waals surface area contributed by atoms with E-state index in [-0.39, 0.29) is 11.9 Å². The summed E-state index contributed by atoms with van der Waals surface area (Å²) in [6.45, 7) is 2.85. The van der Waals surface area contributed by atoms with Crippen molar-refractivity contribution in [1.82, 2.24) is 10.1 Å². The number of aromatic hydroxyl groups is 1. The molecule has 2 unspecified atom stereocenters. The Kier molecular flexibility index (Phi) is 2.76. The molecule has 5 nitrogen and oxygen atoms in total. The molecule has 1 fully saturated rings. The Morgan fingerprint density at radius 1 is 1.28 bits per heavy atom. The Labute approximate surface area is 104 Å².